The van der Waals surface area contributed by atoms with Crippen molar-refractivity contribution in [1.29, 1.82) is 0 Å². The standard InChI is InChI=1S/C13H20N2O2S/c1-11(12-5-3-2-4-6-12)15-18(16,17)10-9-14-13-7-8-13/h2-6,11,13-15H,7-10H2,1H3. The smallest absolute Gasteiger partial charge is 0.213 e. The Kier molecular flexibility index (Phi) is 4.37. The fourth-order valence-electron chi connectivity index (χ4n) is 1.82. The first-order valence-corrected chi connectivity index (χ1v) is 8.00. The van der Waals surface area contributed by atoms with Gasteiger partial charge in [-0.1, -0.05) is 30.3 Å². The van der Waals surface area contributed by atoms with E-state index in [0.717, 1.165) is 5.56 Å². The minimum absolute atomic E-state index is 0.140. The Balaban J connectivity index is 1.82. The molecular formula is C13H20N2O2S. The van der Waals surface area contributed by atoms with Crippen molar-refractivity contribution in [3.63, 3.8) is 0 Å². The van der Waals surface area contributed by atoms with Crippen molar-refractivity contribution in [2.45, 2.75) is 31.8 Å². The van der Waals surface area contributed by atoms with Crippen molar-refractivity contribution in [2.75, 3.05) is 12.3 Å². The summed E-state index contributed by atoms with van der Waals surface area (Å²) >= 11 is 0. The van der Waals surface area contributed by atoms with Gasteiger partial charge in [-0.25, -0.2) is 13.1 Å². The molecule has 1 fully saturated rings. The van der Waals surface area contributed by atoms with E-state index < -0.39 is 10.0 Å². The molecule has 5 heteroatoms. The van der Waals surface area contributed by atoms with Crippen molar-refractivity contribution in [1.82, 2.24) is 10.0 Å². The summed E-state index contributed by atoms with van der Waals surface area (Å²) in [5, 5.41) is 3.21. The lowest BCUT2D eigenvalue weighted by Gasteiger charge is -2.14. The molecule has 0 amide bonds. The molecule has 1 aromatic carbocycles. The van der Waals surface area contributed by atoms with Crippen LogP contribution < -0.4 is 10.0 Å². The maximum Gasteiger partial charge on any atom is 0.213 e. The second-order valence-corrected chi connectivity index (χ2v) is 6.67. The third-order valence-corrected chi connectivity index (χ3v) is 4.49. The van der Waals surface area contributed by atoms with Gasteiger partial charge in [-0.3, -0.25) is 0 Å². The van der Waals surface area contributed by atoms with E-state index in [1.165, 1.54) is 12.8 Å². The molecule has 2 rings (SSSR count). The Hall–Kier alpha value is -0.910. The molecule has 1 aromatic rings. The number of nitrogens with one attached hydrogen (secondary N) is 2. The van der Waals surface area contributed by atoms with Crippen LogP contribution in [0.25, 0.3) is 0 Å². The predicted molar refractivity (Wildman–Crippen MR) is 72.8 cm³/mol. The first-order valence-electron chi connectivity index (χ1n) is 6.35. The van der Waals surface area contributed by atoms with E-state index in [-0.39, 0.29) is 11.8 Å². The third kappa shape index (κ3) is 4.40. The zero-order chi connectivity index (χ0) is 13.0. The van der Waals surface area contributed by atoms with Crippen molar-refractivity contribution in [3.05, 3.63) is 35.9 Å². The van der Waals surface area contributed by atoms with E-state index in [1.54, 1.807) is 0 Å². The van der Waals surface area contributed by atoms with E-state index in [2.05, 4.69) is 10.0 Å². The van der Waals surface area contributed by atoms with E-state index in [4.69, 9.17) is 0 Å². The van der Waals surface area contributed by atoms with Crippen LogP contribution in [-0.4, -0.2) is 26.8 Å². The van der Waals surface area contributed by atoms with Crippen molar-refractivity contribution in [2.24, 2.45) is 0 Å². The van der Waals surface area contributed by atoms with Crippen LogP contribution in [0.1, 0.15) is 31.4 Å². The van der Waals surface area contributed by atoms with Gasteiger partial charge in [0.1, 0.15) is 0 Å². The van der Waals surface area contributed by atoms with E-state index in [1.807, 2.05) is 37.3 Å². The molecule has 1 aliphatic rings. The lowest BCUT2D eigenvalue weighted by Crippen LogP contribution is -2.34. The first kappa shape index (κ1) is 13.5. The fraction of sp³-hybridized carbons (Fsp3) is 0.538. The molecule has 1 atom stereocenters. The second kappa shape index (κ2) is 5.82. The van der Waals surface area contributed by atoms with Gasteiger partial charge in [0.05, 0.1) is 5.75 Å². The normalized spacial score (nSPS) is 17.6. The van der Waals surface area contributed by atoms with Gasteiger partial charge in [0.15, 0.2) is 0 Å². The Morgan fingerprint density at radius 3 is 2.56 bits per heavy atom. The summed E-state index contributed by atoms with van der Waals surface area (Å²) in [5.41, 5.74) is 0.983. The van der Waals surface area contributed by atoms with Crippen LogP contribution >= 0.6 is 0 Å². The van der Waals surface area contributed by atoms with Crippen molar-refractivity contribution >= 4 is 10.0 Å². The largest absolute Gasteiger partial charge is 0.313 e. The number of rotatable bonds is 7. The average Bonchev–Trinajstić information content (AvgIpc) is 3.13. The number of benzene rings is 1. The van der Waals surface area contributed by atoms with Crippen LogP contribution in [0, 0.1) is 0 Å². The van der Waals surface area contributed by atoms with Crippen LogP contribution in [0.4, 0.5) is 0 Å². The Bertz CT molecular complexity index is 469. The monoisotopic (exact) mass is 268 g/mol. The maximum atomic E-state index is 11.9. The summed E-state index contributed by atoms with van der Waals surface area (Å²) in [4.78, 5) is 0. The van der Waals surface area contributed by atoms with Crippen LogP contribution in [0.15, 0.2) is 30.3 Å². The van der Waals surface area contributed by atoms with Gasteiger partial charge in [-0.15, -0.1) is 0 Å². The summed E-state index contributed by atoms with van der Waals surface area (Å²) in [6, 6.07) is 9.96. The van der Waals surface area contributed by atoms with Gasteiger partial charge in [-0.2, -0.15) is 0 Å². The molecule has 0 spiro atoms. The Morgan fingerprint density at radius 1 is 1.28 bits per heavy atom. The highest BCUT2D eigenvalue weighted by molar-refractivity contribution is 7.89. The number of hydrogen-bond donors (Lipinski definition) is 2. The first-order chi connectivity index (χ1) is 8.57. The summed E-state index contributed by atoms with van der Waals surface area (Å²) in [5.74, 6) is 0.140. The summed E-state index contributed by atoms with van der Waals surface area (Å²) in [6.07, 6.45) is 2.35. The molecule has 0 heterocycles. The summed E-state index contributed by atoms with van der Waals surface area (Å²) < 4.78 is 26.4. The van der Waals surface area contributed by atoms with Gasteiger partial charge in [0, 0.05) is 18.6 Å². The van der Waals surface area contributed by atoms with Gasteiger partial charge in [0.25, 0.3) is 0 Å². The van der Waals surface area contributed by atoms with Gasteiger partial charge < -0.3 is 5.32 Å². The third-order valence-electron chi connectivity index (χ3n) is 3.04. The SMILES string of the molecule is CC(NS(=O)(=O)CCNC1CC1)c1ccccc1. The number of hydrogen-bond acceptors (Lipinski definition) is 3. The fourth-order valence-corrected chi connectivity index (χ4v) is 3.00. The lowest BCUT2D eigenvalue weighted by molar-refractivity contribution is 0.562. The molecule has 1 aliphatic carbocycles. The quantitative estimate of drug-likeness (QED) is 0.786. The molecule has 18 heavy (non-hydrogen) atoms. The van der Waals surface area contributed by atoms with Crippen LogP contribution in [0.3, 0.4) is 0 Å². The molecule has 4 nitrogen and oxygen atoms in total. The lowest BCUT2D eigenvalue weighted by atomic mass is 10.1. The van der Waals surface area contributed by atoms with Crippen LogP contribution in [0.2, 0.25) is 0 Å². The van der Waals surface area contributed by atoms with Crippen LogP contribution in [-0.2, 0) is 10.0 Å². The van der Waals surface area contributed by atoms with Gasteiger partial charge >= 0.3 is 0 Å². The number of sulfonamides is 1. The molecular weight excluding hydrogens is 248 g/mol. The Labute approximate surface area is 109 Å². The molecule has 1 saturated carbocycles. The molecule has 0 aliphatic heterocycles. The minimum Gasteiger partial charge on any atom is -0.313 e. The van der Waals surface area contributed by atoms with Gasteiger partial charge in [0.2, 0.25) is 10.0 Å². The highest BCUT2D eigenvalue weighted by atomic mass is 32.2. The predicted octanol–water partition coefficient (Wildman–Crippen LogP) is 1.42. The van der Waals surface area contributed by atoms with Crippen molar-refractivity contribution in [3.8, 4) is 0 Å². The van der Waals surface area contributed by atoms with Crippen LogP contribution in [0.5, 0.6) is 0 Å². The molecule has 2 N–H and O–H groups in total. The topological polar surface area (TPSA) is 58.2 Å². The summed E-state index contributed by atoms with van der Waals surface area (Å²) in [7, 11) is -3.21. The van der Waals surface area contributed by atoms with E-state index in [9.17, 15) is 8.42 Å². The zero-order valence-electron chi connectivity index (χ0n) is 10.6. The average molecular weight is 268 g/mol. The van der Waals surface area contributed by atoms with Crippen molar-refractivity contribution < 1.29 is 8.42 Å². The summed E-state index contributed by atoms with van der Waals surface area (Å²) in [6.45, 7) is 2.39. The minimum atomic E-state index is -3.21. The highest BCUT2D eigenvalue weighted by Gasteiger charge is 2.21. The van der Waals surface area contributed by atoms with E-state index in [0.29, 0.717) is 12.6 Å². The molecule has 0 radical (unpaired) electrons. The van der Waals surface area contributed by atoms with E-state index >= 15 is 0 Å². The molecule has 0 bridgehead atoms. The maximum absolute atomic E-state index is 11.9. The highest BCUT2D eigenvalue weighted by Crippen LogP contribution is 2.18. The second-order valence-electron chi connectivity index (χ2n) is 4.80. The molecule has 1 unspecified atom stereocenters. The Morgan fingerprint density at radius 2 is 1.94 bits per heavy atom. The molecule has 100 valence electrons. The zero-order valence-corrected chi connectivity index (χ0v) is 11.4. The van der Waals surface area contributed by atoms with Gasteiger partial charge in [-0.05, 0) is 25.3 Å². The molecule has 0 saturated heterocycles. The molecule has 0 aromatic heterocycles.